The zero-order chi connectivity index (χ0) is 12.6. The smallest absolute Gasteiger partial charge is 0.407 e. The van der Waals surface area contributed by atoms with E-state index in [1.165, 1.54) is 19.3 Å². The first-order valence-corrected chi connectivity index (χ1v) is 6.60. The summed E-state index contributed by atoms with van der Waals surface area (Å²) in [6, 6.07) is 0.230. The second kappa shape index (κ2) is 4.48. The van der Waals surface area contributed by atoms with Crippen LogP contribution in [0.15, 0.2) is 0 Å². The molecule has 17 heavy (non-hydrogen) atoms. The molecule has 0 radical (unpaired) electrons. The van der Waals surface area contributed by atoms with Crippen LogP contribution in [-0.4, -0.2) is 24.3 Å². The Bertz CT molecular complexity index is 298. The first kappa shape index (κ1) is 12.7. The fraction of sp³-hybridized carbons (Fsp3) is 0.923. The lowest BCUT2D eigenvalue weighted by atomic mass is 9.84. The van der Waals surface area contributed by atoms with Crippen molar-refractivity contribution in [3.8, 4) is 0 Å². The lowest BCUT2D eigenvalue weighted by Crippen LogP contribution is -2.47. The summed E-state index contributed by atoms with van der Waals surface area (Å²) in [5.74, 6) is 1.77. The Balaban J connectivity index is 1.92. The van der Waals surface area contributed by atoms with Crippen molar-refractivity contribution in [1.82, 2.24) is 5.32 Å². The van der Waals surface area contributed by atoms with Gasteiger partial charge in [0.05, 0.1) is 0 Å². The summed E-state index contributed by atoms with van der Waals surface area (Å²) in [6.45, 7) is 6.32. The van der Waals surface area contributed by atoms with E-state index < -0.39 is 5.60 Å². The molecule has 3 N–H and O–H groups in total. The van der Waals surface area contributed by atoms with E-state index in [1.807, 2.05) is 20.8 Å². The number of alkyl carbamates (subject to hydrolysis) is 1. The van der Waals surface area contributed by atoms with Gasteiger partial charge in [0.2, 0.25) is 0 Å². The third-order valence-electron chi connectivity index (χ3n) is 4.04. The first-order valence-electron chi connectivity index (χ1n) is 6.60. The molecule has 2 aliphatic carbocycles. The fourth-order valence-electron chi connectivity index (χ4n) is 3.42. The van der Waals surface area contributed by atoms with Crippen LogP contribution in [0.2, 0.25) is 0 Å². The van der Waals surface area contributed by atoms with Crippen LogP contribution >= 0.6 is 0 Å². The monoisotopic (exact) mass is 240 g/mol. The number of hydrogen-bond donors (Lipinski definition) is 2. The molecular weight excluding hydrogens is 216 g/mol. The maximum atomic E-state index is 11.8. The van der Waals surface area contributed by atoms with Crippen molar-refractivity contribution in [2.45, 2.75) is 51.7 Å². The molecule has 4 atom stereocenters. The molecule has 0 aromatic heterocycles. The summed E-state index contributed by atoms with van der Waals surface area (Å²) >= 11 is 0. The Labute approximate surface area is 103 Å². The van der Waals surface area contributed by atoms with Gasteiger partial charge in [0.1, 0.15) is 5.60 Å². The van der Waals surface area contributed by atoms with E-state index in [4.69, 9.17) is 10.5 Å². The fourth-order valence-corrected chi connectivity index (χ4v) is 3.42. The van der Waals surface area contributed by atoms with Gasteiger partial charge >= 0.3 is 6.09 Å². The van der Waals surface area contributed by atoms with Crippen LogP contribution in [-0.2, 0) is 4.74 Å². The van der Waals surface area contributed by atoms with E-state index in [1.54, 1.807) is 0 Å². The van der Waals surface area contributed by atoms with E-state index in [-0.39, 0.29) is 12.1 Å². The van der Waals surface area contributed by atoms with Gasteiger partial charge in [0, 0.05) is 6.04 Å². The van der Waals surface area contributed by atoms with Crippen molar-refractivity contribution in [3.05, 3.63) is 0 Å². The number of carbonyl (C=O) groups is 1. The molecule has 4 heteroatoms. The van der Waals surface area contributed by atoms with Crippen LogP contribution in [0.4, 0.5) is 4.79 Å². The second-order valence-electron chi connectivity index (χ2n) is 6.40. The number of fused-ring (bicyclic) bond motifs is 2. The molecule has 98 valence electrons. The molecule has 0 heterocycles. The average molecular weight is 240 g/mol. The molecule has 2 saturated carbocycles. The molecule has 2 unspecified atom stereocenters. The molecule has 4 nitrogen and oxygen atoms in total. The van der Waals surface area contributed by atoms with E-state index >= 15 is 0 Å². The van der Waals surface area contributed by atoms with Gasteiger partial charge in [-0.05, 0) is 64.3 Å². The summed E-state index contributed by atoms with van der Waals surface area (Å²) < 4.78 is 5.31. The number of carbonyl (C=O) groups excluding carboxylic acids is 1. The Morgan fingerprint density at radius 3 is 2.59 bits per heavy atom. The van der Waals surface area contributed by atoms with Crippen molar-refractivity contribution in [3.63, 3.8) is 0 Å². The minimum atomic E-state index is -0.431. The Morgan fingerprint density at radius 2 is 2.00 bits per heavy atom. The first-order chi connectivity index (χ1) is 7.90. The molecule has 2 aliphatic rings. The van der Waals surface area contributed by atoms with Gasteiger partial charge in [-0.2, -0.15) is 0 Å². The van der Waals surface area contributed by atoms with Crippen LogP contribution in [0.5, 0.6) is 0 Å². The summed E-state index contributed by atoms with van der Waals surface area (Å²) in [5.41, 5.74) is 5.39. The highest BCUT2D eigenvalue weighted by Gasteiger charge is 2.47. The van der Waals surface area contributed by atoms with Gasteiger partial charge in [-0.25, -0.2) is 4.79 Å². The van der Waals surface area contributed by atoms with Crippen LogP contribution in [0, 0.1) is 17.8 Å². The molecule has 2 rings (SSSR count). The van der Waals surface area contributed by atoms with Crippen LogP contribution in [0.25, 0.3) is 0 Å². The van der Waals surface area contributed by atoms with Gasteiger partial charge in [0.15, 0.2) is 0 Å². The molecule has 1 amide bonds. The molecule has 0 aliphatic heterocycles. The Hall–Kier alpha value is -0.770. The van der Waals surface area contributed by atoms with E-state index in [9.17, 15) is 4.79 Å². The molecular formula is C13H24N2O2. The third kappa shape index (κ3) is 2.73. The molecule has 0 saturated heterocycles. The van der Waals surface area contributed by atoms with Crippen molar-refractivity contribution < 1.29 is 9.53 Å². The van der Waals surface area contributed by atoms with Crippen molar-refractivity contribution in [1.29, 1.82) is 0 Å². The number of hydrogen-bond acceptors (Lipinski definition) is 3. The average Bonchev–Trinajstić information content (AvgIpc) is 2.74. The lowest BCUT2D eigenvalue weighted by Gasteiger charge is -2.31. The van der Waals surface area contributed by atoms with E-state index in [0.29, 0.717) is 24.3 Å². The van der Waals surface area contributed by atoms with Gasteiger partial charge in [-0.3, -0.25) is 0 Å². The number of rotatable bonds is 2. The maximum Gasteiger partial charge on any atom is 0.407 e. The largest absolute Gasteiger partial charge is 0.444 e. The van der Waals surface area contributed by atoms with Gasteiger partial charge in [0.25, 0.3) is 0 Å². The summed E-state index contributed by atoms with van der Waals surface area (Å²) in [7, 11) is 0. The molecule has 0 aromatic rings. The van der Waals surface area contributed by atoms with Crippen molar-refractivity contribution in [2.75, 3.05) is 6.54 Å². The Kier molecular flexibility index (Phi) is 3.34. The second-order valence-corrected chi connectivity index (χ2v) is 6.40. The maximum absolute atomic E-state index is 11.8. The zero-order valence-electron chi connectivity index (χ0n) is 11.0. The molecule has 0 spiro atoms. The standard InChI is InChI=1S/C13H24N2O2/c1-13(2,3)17-12(16)15-11-9-5-4-8(6-9)10(11)7-14/h8-11H,4-7,14H2,1-3H3,(H,15,16)/t8?,9?,10-,11-/m0/s1. The van der Waals surface area contributed by atoms with Gasteiger partial charge < -0.3 is 15.8 Å². The number of ether oxygens (including phenoxy) is 1. The minimum Gasteiger partial charge on any atom is -0.444 e. The van der Waals surface area contributed by atoms with Gasteiger partial charge in [-0.15, -0.1) is 0 Å². The Morgan fingerprint density at radius 1 is 1.35 bits per heavy atom. The number of nitrogens with two attached hydrogens (primary N) is 1. The number of amides is 1. The lowest BCUT2D eigenvalue weighted by molar-refractivity contribution is 0.0465. The topological polar surface area (TPSA) is 64.3 Å². The summed E-state index contributed by atoms with van der Waals surface area (Å²) in [4.78, 5) is 11.8. The zero-order valence-corrected chi connectivity index (χ0v) is 11.0. The predicted octanol–water partition coefficient (Wildman–Crippen LogP) is 1.88. The predicted molar refractivity (Wildman–Crippen MR) is 66.5 cm³/mol. The normalized spacial score (nSPS) is 36.0. The molecule has 2 bridgehead atoms. The van der Waals surface area contributed by atoms with E-state index in [0.717, 1.165) is 0 Å². The third-order valence-corrected chi connectivity index (χ3v) is 4.04. The van der Waals surface area contributed by atoms with Crippen LogP contribution in [0.3, 0.4) is 0 Å². The van der Waals surface area contributed by atoms with Crippen LogP contribution in [0.1, 0.15) is 40.0 Å². The van der Waals surface area contributed by atoms with Crippen molar-refractivity contribution in [2.24, 2.45) is 23.5 Å². The van der Waals surface area contributed by atoms with E-state index in [2.05, 4.69) is 5.32 Å². The van der Waals surface area contributed by atoms with Gasteiger partial charge in [-0.1, -0.05) is 0 Å². The quantitative estimate of drug-likeness (QED) is 0.774. The number of nitrogens with one attached hydrogen (secondary N) is 1. The highest BCUT2D eigenvalue weighted by atomic mass is 16.6. The highest BCUT2D eigenvalue weighted by molar-refractivity contribution is 5.68. The molecule has 0 aromatic carbocycles. The summed E-state index contributed by atoms with van der Waals surface area (Å²) in [6.07, 6.45) is 3.43. The van der Waals surface area contributed by atoms with Crippen LogP contribution < -0.4 is 11.1 Å². The molecule has 2 fully saturated rings. The van der Waals surface area contributed by atoms with Crippen molar-refractivity contribution >= 4 is 6.09 Å². The highest BCUT2D eigenvalue weighted by Crippen LogP contribution is 2.48. The summed E-state index contributed by atoms with van der Waals surface area (Å²) in [5, 5.41) is 3.03. The minimum absolute atomic E-state index is 0.230. The SMILES string of the molecule is CC(C)(C)OC(=O)N[C@H]1C2CCC(C2)[C@@H]1CN.